The van der Waals surface area contributed by atoms with Crippen molar-refractivity contribution in [3.63, 3.8) is 0 Å². The van der Waals surface area contributed by atoms with Crippen molar-refractivity contribution >= 4 is 23.1 Å². The summed E-state index contributed by atoms with van der Waals surface area (Å²) in [4.78, 5) is 32.2. The molecule has 1 aliphatic heterocycles. The van der Waals surface area contributed by atoms with Crippen LogP contribution in [0.5, 0.6) is 0 Å². The third-order valence-electron chi connectivity index (χ3n) is 5.36. The van der Waals surface area contributed by atoms with Crippen molar-refractivity contribution in [2.24, 2.45) is 0 Å². The molecular weight excluding hydrogens is 388 g/mol. The topological polar surface area (TPSA) is 95.9 Å². The highest BCUT2D eigenvalue weighted by molar-refractivity contribution is 7.13. The Morgan fingerprint density at radius 2 is 2.14 bits per heavy atom. The highest BCUT2D eigenvalue weighted by Gasteiger charge is 2.23. The molecule has 0 bridgehead atoms. The van der Waals surface area contributed by atoms with Gasteiger partial charge in [-0.3, -0.25) is 19.3 Å². The third-order valence-corrected chi connectivity index (χ3v) is 6.27. The van der Waals surface area contributed by atoms with Crippen LogP contribution in [0, 0.1) is 13.8 Å². The summed E-state index contributed by atoms with van der Waals surface area (Å²) in [7, 11) is 0. The van der Waals surface area contributed by atoms with Crippen LogP contribution in [0.4, 0.5) is 5.82 Å². The number of carbonyl (C=O) groups excluding carboxylic acids is 1. The molecule has 0 saturated carbocycles. The fourth-order valence-corrected chi connectivity index (χ4v) is 4.19. The number of nitrogens with one attached hydrogen (secondary N) is 2. The van der Waals surface area contributed by atoms with Gasteiger partial charge in [-0.05, 0) is 38.1 Å². The van der Waals surface area contributed by atoms with E-state index in [9.17, 15) is 9.59 Å². The Labute approximate surface area is 172 Å². The van der Waals surface area contributed by atoms with Crippen molar-refractivity contribution in [2.75, 3.05) is 18.0 Å². The van der Waals surface area contributed by atoms with E-state index in [1.54, 1.807) is 25.2 Å². The molecule has 1 saturated heterocycles. The smallest absolute Gasteiger partial charge is 0.256 e. The van der Waals surface area contributed by atoms with E-state index in [0.29, 0.717) is 11.3 Å². The first-order valence-electron chi connectivity index (χ1n) is 9.67. The van der Waals surface area contributed by atoms with Gasteiger partial charge in [-0.15, -0.1) is 11.3 Å². The van der Waals surface area contributed by atoms with Gasteiger partial charge in [0.05, 0.1) is 16.9 Å². The van der Waals surface area contributed by atoms with Gasteiger partial charge in [-0.1, -0.05) is 6.07 Å². The number of carbonyl (C=O) groups is 1. The zero-order valence-corrected chi connectivity index (χ0v) is 17.3. The van der Waals surface area contributed by atoms with Crippen LogP contribution in [0.2, 0.25) is 0 Å². The van der Waals surface area contributed by atoms with Gasteiger partial charge in [0.2, 0.25) is 5.91 Å². The molecule has 2 N–H and O–H groups in total. The Kier molecular flexibility index (Phi) is 5.48. The maximum atomic E-state index is 12.4. The number of aromatic nitrogens is 4. The monoisotopic (exact) mass is 412 g/mol. The van der Waals surface area contributed by atoms with Crippen LogP contribution in [0.15, 0.2) is 34.7 Å². The molecular formula is C20H24N6O2S. The molecule has 0 radical (unpaired) electrons. The Hall–Kier alpha value is -2.94. The second kappa shape index (κ2) is 8.20. The molecule has 3 aromatic rings. The Balaban J connectivity index is 1.30. The summed E-state index contributed by atoms with van der Waals surface area (Å²) in [5.41, 5.74) is 2.13. The molecule has 152 valence electrons. The number of hydrogen-bond donors (Lipinski definition) is 2. The van der Waals surface area contributed by atoms with Crippen LogP contribution < -0.4 is 15.8 Å². The minimum Gasteiger partial charge on any atom is -0.355 e. The lowest BCUT2D eigenvalue weighted by molar-refractivity contribution is -0.122. The lowest BCUT2D eigenvalue weighted by atomic mass is 10.0. The van der Waals surface area contributed by atoms with Crippen molar-refractivity contribution in [1.29, 1.82) is 0 Å². The quantitative estimate of drug-likeness (QED) is 0.669. The lowest BCUT2D eigenvalue weighted by Crippen LogP contribution is -2.46. The highest BCUT2D eigenvalue weighted by Crippen LogP contribution is 2.27. The van der Waals surface area contributed by atoms with Crippen molar-refractivity contribution in [1.82, 2.24) is 25.1 Å². The molecule has 1 amide bonds. The SMILES string of the molecule is Cc1ncn(CC(=O)NC2CCN(c3cc(-c4cccs4)[nH]n3)CC2)c(=O)c1C. The van der Waals surface area contributed by atoms with Crippen molar-refractivity contribution in [3.05, 3.63) is 51.5 Å². The maximum Gasteiger partial charge on any atom is 0.256 e. The molecule has 0 spiro atoms. The number of amides is 1. The first kappa shape index (κ1) is 19.4. The summed E-state index contributed by atoms with van der Waals surface area (Å²) in [6.07, 6.45) is 3.12. The van der Waals surface area contributed by atoms with Gasteiger partial charge in [0.25, 0.3) is 5.56 Å². The Morgan fingerprint density at radius 1 is 1.34 bits per heavy atom. The molecule has 4 heterocycles. The molecule has 9 heteroatoms. The first-order valence-corrected chi connectivity index (χ1v) is 10.6. The summed E-state index contributed by atoms with van der Waals surface area (Å²) in [6, 6.07) is 6.27. The number of nitrogens with zero attached hydrogens (tertiary/aromatic N) is 4. The molecule has 0 aromatic carbocycles. The maximum absolute atomic E-state index is 12.4. The van der Waals surface area contributed by atoms with Gasteiger partial charge >= 0.3 is 0 Å². The van der Waals surface area contributed by atoms with Crippen molar-refractivity contribution in [3.8, 4) is 10.6 Å². The number of piperidine rings is 1. The van der Waals surface area contributed by atoms with Gasteiger partial charge in [-0.2, -0.15) is 5.10 Å². The predicted octanol–water partition coefficient (Wildman–Crippen LogP) is 2.10. The number of aryl methyl sites for hydroxylation is 1. The third kappa shape index (κ3) is 4.24. The fourth-order valence-electron chi connectivity index (χ4n) is 3.50. The van der Waals surface area contributed by atoms with Gasteiger partial charge in [-0.25, -0.2) is 4.98 Å². The second-order valence-corrected chi connectivity index (χ2v) is 8.28. The van der Waals surface area contributed by atoms with Crippen LogP contribution in [-0.4, -0.2) is 44.8 Å². The molecule has 29 heavy (non-hydrogen) atoms. The number of anilines is 1. The number of hydrogen-bond acceptors (Lipinski definition) is 6. The summed E-state index contributed by atoms with van der Waals surface area (Å²) >= 11 is 1.68. The average Bonchev–Trinajstić information content (AvgIpc) is 3.41. The molecule has 0 unspecified atom stereocenters. The number of aromatic amines is 1. The van der Waals surface area contributed by atoms with Crippen LogP contribution in [0.3, 0.4) is 0 Å². The number of H-pyrrole nitrogens is 1. The van der Waals surface area contributed by atoms with Gasteiger partial charge in [0.15, 0.2) is 5.82 Å². The van der Waals surface area contributed by atoms with Crippen LogP contribution >= 0.6 is 11.3 Å². The second-order valence-electron chi connectivity index (χ2n) is 7.33. The summed E-state index contributed by atoms with van der Waals surface area (Å²) in [6.45, 7) is 5.16. The van der Waals surface area contributed by atoms with Gasteiger partial charge in [0, 0.05) is 36.5 Å². The minimum absolute atomic E-state index is 0.00327. The van der Waals surface area contributed by atoms with E-state index in [1.807, 2.05) is 11.4 Å². The first-order chi connectivity index (χ1) is 14.0. The zero-order chi connectivity index (χ0) is 20.4. The Morgan fingerprint density at radius 3 is 2.86 bits per heavy atom. The summed E-state index contributed by atoms with van der Waals surface area (Å²) in [5.74, 6) is 0.779. The van der Waals surface area contributed by atoms with Crippen molar-refractivity contribution in [2.45, 2.75) is 39.3 Å². The van der Waals surface area contributed by atoms with Crippen molar-refractivity contribution < 1.29 is 4.79 Å². The summed E-state index contributed by atoms with van der Waals surface area (Å²) < 4.78 is 1.36. The van der Waals surface area contributed by atoms with E-state index in [4.69, 9.17) is 0 Å². The molecule has 0 aliphatic carbocycles. The summed E-state index contributed by atoms with van der Waals surface area (Å²) in [5, 5.41) is 12.6. The normalized spacial score (nSPS) is 14.9. The van der Waals surface area contributed by atoms with Crippen LogP contribution in [-0.2, 0) is 11.3 Å². The van der Waals surface area contributed by atoms with Gasteiger partial charge < -0.3 is 10.2 Å². The molecule has 8 nitrogen and oxygen atoms in total. The van der Waals surface area contributed by atoms with E-state index in [1.165, 1.54) is 15.8 Å². The minimum atomic E-state index is -0.164. The molecule has 4 rings (SSSR count). The molecule has 3 aromatic heterocycles. The van der Waals surface area contributed by atoms with E-state index in [2.05, 4.69) is 37.5 Å². The van der Waals surface area contributed by atoms with Crippen LogP contribution in [0.25, 0.3) is 10.6 Å². The number of thiophene rings is 1. The highest BCUT2D eigenvalue weighted by atomic mass is 32.1. The predicted molar refractivity (Wildman–Crippen MR) is 113 cm³/mol. The zero-order valence-electron chi connectivity index (χ0n) is 16.5. The van der Waals surface area contributed by atoms with Crippen LogP contribution in [0.1, 0.15) is 24.1 Å². The van der Waals surface area contributed by atoms with Gasteiger partial charge in [0.1, 0.15) is 6.54 Å². The van der Waals surface area contributed by atoms with E-state index in [0.717, 1.165) is 37.4 Å². The van der Waals surface area contributed by atoms with E-state index >= 15 is 0 Å². The number of rotatable bonds is 5. The van der Waals surface area contributed by atoms with E-state index in [-0.39, 0.29) is 24.1 Å². The lowest BCUT2D eigenvalue weighted by Gasteiger charge is -2.32. The average molecular weight is 413 g/mol. The fraction of sp³-hybridized carbons (Fsp3) is 0.400. The molecule has 0 atom stereocenters. The largest absolute Gasteiger partial charge is 0.355 e. The molecule has 1 aliphatic rings. The van der Waals surface area contributed by atoms with E-state index < -0.39 is 0 Å². The molecule has 1 fully saturated rings. The standard InChI is InChI=1S/C20H24N6O2S/c1-13-14(2)21-12-26(20(13)28)11-19(27)22-15-5-7-25(8-6-15)18-10-16(23-24-18)17-4-3-9-29-17/h3-4,9-10,12,15H,5-8,11H2,1-2H3,(H,22,27)(H,23,24). The Bertz CT molecular complexity index is 1050.